The van der Waals surface area contributed by atoms with E-state index >= 15 is 0 Å². The Balaban J connectivity index is 3.40. The zero-order chi connectivity index (χ0) is 9.84. The van der Waals surface area contributed by atoms with E-state index in [2.05, 4.69) is 11.8 Å². The summed E-state index contributed by atoms with van der Waals surface area (Å²) in [7, 11) is 3.88. The van der Waals surface area contributed by atoms with Crippen molar-refractivity contribution in [2.24, 2.45) is 0 Å². The average Bonchev–Trinajstić information content (AvgIpc) is 2.16. The van der Waals surface area contributed by atoms with E-state index in [1.807, 2.05) is 37.2 Å². The van der Waals surface area contributed by atoms with Crippen LogP contribution in [0.1, 0.15) is 11.1 Å². The fraction of sp³-hybridized carbons (Fsp3) is 0.167. The van der Waals surface area contributed by atoms with Crippen LogP contribution in [0.4, 0.5) is 5.69 Å². The number of hydrogen-bond donors (Lipinski definition) is 0. The molecule has 0 fully saturated rings. The Bertz CT molecular complexity index is 389. The van der Waals surface area contributed by atoms with E-state index in [-0.39, 0.29) is 0 Å². The van der Waals surface area contributed by atoms with Gasteiger partial charge in [-0.05, 0) is 12.1 Å². The van der Waals surface area contributed by atoms with Gasteiger partial charge in [0.25, 0.3) is 0 Å². The summed E-state index contributed by atoms with van der Waals surface area (Å²) in [6, 6.07) is 5.71. The van der Waals surface area contributed by atoms with Crippen molar-refractivity contribution < 1.29 is 0 Å². The van der Waals surface area contributed by atoms with Gasteiger partial charge in [0.2, 0.25) is 0 Å². The summed E-state index contributed by atoms with van der Waals surface area (Å²) in [5, 5.41) is 0. The Morgan fingerprint density at radius 1 is 1.15 bits per heavy atom. The normalized spacial score (nSPS) is 8.62. The summed E-state index contributed by atoms with van der Waals surface area (Å²) in [5.74, 6) is 5.18. The molecule has 0 aliphatic heterocycles. The molecule has 0 bridgehead atoms. The van der Waals surface area contributed by atoms with Crippen LogP contribution in [0.2, 0.25) is 0 Å². The van der Waals surface area contributed by atoms with E-state index in [4.69, 9.17) is 12.8 Å². The van der Waals surface area contributed by atoms with Gasteiger partial charge in [-0.1, -0.05) is 17.9 Å². The molecular weight excluding hydrogens is 158 g/mol. The molecule has 1 nitrogen and oxygen atoms in total. The highest BCUT2D eigenvalue weighted by atomic mass is 15.1. The van der Waals surface area contributed by atoms with E-state index in [0.717, 1.165) is 16.8 Å². The van der Waals surface area contributed by atoms with Gasteiger partial charge in [0.15, 0.2) is 0 Å². The minimum Gasteiger partial charge on any atom is -0.377 e. The summed E-state index contributed by atoms with van der Waals surface area (Å²) in [4.78, 5) is 1.95. The standard InChI is InChI=1S/C12H11N/c1-5-10-8-7-9-12(13(3)4)11(10)6-2/h1-2,7-9H,3-4H3. The van der Waals surface area contributed by atoms with Crippen LogP contribution >= 0.6 is 0 Å². The molecule has 0 aliphatic carbocycles. The third-order valence-electron chi connectivity index (χ3n) is 1.82. The lowest BCUT2D eigenvalue weighted by atomic mass is 10.1. The third kappa shape index (κ3) is 1.66. The van der Waals surface area contributed by atoms with E-state index in [1.165, 1.54) is 0 Å². The molecule has 0 spiro atoms. The summed E-state index contributed by atoms with van der Waals surface area (Å²) >= 11 is 0. The molecule has 0 radical (unpaired) electrons. The first-order valence-electron chi connectivity index (χ1n) is 3.94. The monoisotopic (exact) mass is 169 g/mol. The smallest absolute Gasteiger partial charge is 0.0632 e. The molecule has 0 saturated heterocycles. The Labute approximate surface area is 79.4 Å². The number of hydrogen-bond acceptors (Lipinski definition) is 1. The number of terminal acetylenes is 2. The van der Waals surface area contributed by atoms with Gasteiger partial charge in [-0.25, -0.2) is 0 Å². The molecule has 1 aromatic rings. The Kier molecular flexibility index (Phi) is 2.62. The number of nitrogens with zero attached hydrogens (tertiary/aromatic N) is 1. The molecule has 0 aliphatic rings. The maximum absolute atomic E-state index is 5.39. The minimum absolute atomic E-state index is 0.772. The van der Waals surface area contributed by atoms with E-state index < -0.39 is 0 Å². The maximum Gasteiger partial charge on any atom is 0.0632 e. The van der Waals surface area contributed by atoms with Crippen LogP contribution in [0.25, 0.3) is 0 Å². The Morgan fingerprint density at radius 3 is 2.31 bits per heavy atom. The highest BCUT2D eigenvalue weighted by Crippen LogP contribution is 2.20. The van der Waals surface area contributed by atoms with Crippen molar-refractivity contribution in [3.05, 3.63) is 29.3 Å². The van der Waals surface area contributed by atoms with Gasteiger partial charge in [-0.2, -0.15) is 0 Å². The summed E-state index contributed by atoms with van der Waals surface area (Å²) in [6.07, 6.45) is 10.7. The molecule has 1 heteroatoms. The maximum atomic E-state index is 5.39. The number of benzene rings is 1. The zero-order valence-corrected chi connectivity index (χ0v) is 7.83. The molecule has 0 saturated carbocycles. The topological polar surface area (TPSA) is 3.24 Å². The van der Waals surface area contributed by atoms with Gasteiger partial charge in [0, 0.05) is 19.7 Å². The van der Waals surface area contributed by atoms with Crippen LogP contribution in [-0.4, -0.2) is 14.1 Å². The summed E-state index contributed by atoms with van der Waals surface area (Å²) < 4.78 is 0. The second-order valence-electron chi connectivity index (χ2n) is 2.88. The van der Waals surface area contributed by atoms with Crippen LogP contribution in [0.15, 0.2) is 18.2 Å². The highest BCUT2D eigenvalue weighted by Gasteiger charge is 2.04. The quantitative estimate of drug-likeness (QED) is 0.578. The fourth-order valence-electron chi connectivity index (χ4n) is 1.18. The van der Waals surface area contributed by atoms with Crippen molar-refractivity contribution >= 4 is 5.69 Å². The third-order valence-corrected chi connectivity index (χ3v) is 1.82. The second-order valence-corrected chi connectivity index (χ2v) is 2.88. The van der Waals surface area contributed by atoms with Gasteiger partial charge >= 0.3 is 0 Å². The first-order chi connectivity index (χ1) is 6.20. The molecule has 0 atom stereocenters. The van der Waals surface area contributed by atoms with Crippen molar-refractivity contribution in [2.45, 2.75) is 0 Å². The van der Waals surface area contributed by atoms with Crippen molar-refractivity contribution in [3.8, 4) is 24.7 Å². The molecule has 13 heavy (non-hydrogen) atoms. The highest BCUT2D eigenvalue weighted by molar-refractivity contribution is 5.66. The number of anilines is 1. The zero-order valence-electron chi connectivity index (χ0n) is 7.83. The van der Waals surface area contributed by atoms with Crippen LogP contribution in [0.5, 0.6) is 0 Å². The molecule has 1 aromatic carbocycles. The first-order valence-corrected chi connectivity index (χ1v) is 3.94. The molecule has 0 amide bonds. The van der Waals surface area contributed by atoms with Crippen molar-refractivity contribution in [1.82, 2.24) is 0 Å². The fourth-order valence-corrected chi connectivity index (χ4v) is 1.18. The first kappa shape index (κ1) is 9.23. The summed E-state index contributed by atoms with van der Waals surface area (Å²) in [5.41, 5.74) is 2.54. The van der Waals surface area contributed by atoms with E-state index in [0.29, 0.717) is 0 Å². The number of rotatable bonds is 1. The molecule has 0 unspecified atom stereocenters. The molecule has 0 N–H and O–H groups in total. The molecule has 64 valence electrons. The van der Waals surface area contributed by atoms with Crippen LogP contribution in [0.3, 0.4) is 0 Å². The largest absolute Gasteiger partial charge is 0.377 e. The lowest BCUT2D eigenvalue weighted by molar-refractivity contribution is 1.13. The van der Waals surface area contributed by atoms with Crippen molar-refractivity contribution in [2.75, 3.05) is 19.0 Å². The summed E-state index contributed by atoms with van der Waals surface area (Å²) in [6.45, 7) is 0. The Morgan fingerprint density at radius 2 is 1.85 bits per heavy atom. The van der Waals surface area contributed by atoms with E-state index in [9.17, 15) is 0 Å². The molecule has 0 aromatic heterocycles. The Hall–Kier alpha value is -1.86. The van der Waals surface area contributed by atoms with Crippen LogP contribution in [-0.2, 0) is 0 Å². The average molecular weight is 169 g/mol. The predicted octanol–water partition coefficient (Wildman–Crippen LogP) is 1.72. The van der Waals surface area contributed by atoms with Gasteiger partial charge in [-0.15, -0.1) is 12.8 Å². The van der Waals surface area contributed by atoms with Crippen LogP contribution < -0.4 is 4.90 Å². The lowest BCUT2D eigenvalue weighted by Crippen LogP contribution is -2.10. The van der Waals surface area contributed by atoms with E-state index in [1.54, 1.807) is 0 Å². The van der Waals surface area contributed by atoms with Gasteiger partial charge in [0.05, 0.1) is 11.3 Å². The van der Waals surface area contributed by atoms with Crippen LogP contribution in [0, 0.1) is 24.7 Å². The SMILES string of the molecule is C#Cc1cccc(N(C)C)c1C#C. The lowest BCUT2D eigenvalue weighted by Gasteiger charge is -2.15. The van der Waals surface area contributed by atoms with Gasteiger partial charge in [0.1, 0.15) is 0 Å². The second kappa shape index (κ2) is 3.70. The minimum atomic E-state index is 0.772. The van der Waals surface area contributed by atoms with Crippen molar-refractivity contribution in [1.29, 1.82) is 0 Å². The molecular formula is C12H11N. The molecule has 0 heterocycles. The predicted molar refractivity (Wildman–Crippen MR) is 56.6 cm³/mol. The van der Waals surface area contributed by atoms with Gasteiger partial charge < -0.3 is 4.90 Å². The van der Waals surface area contributed by atoms with Crippen molar-refractivity contribution in [3.63, 3.8) is 0 Å². The van der Waals surface area contributed by atoms with Gasteiger partial charge in [-0.3, -0.25) is 0 Å². The molecule has 1 rings (SSSR count).